The summed E-state index contributed by atoms with van der Waals surface area (Å²) in [6, 6.07) is 4.15. The van der Waals surface area contributed by atoms with Crippen LogP contribution in [0.15, 0.2) is 17.2 Å². The van der Waals surface area contributed by atoms with Gasteiger partial charge in [-0.1, -0.05) is 17.7 Å². The second kappa shape index (κ2) is 3.50. The van der Waals surface area contributed by atoms with Crippen LogP contribution in [-0.4, -0.2) is 12.1 Å². The standard InChI is InChI=1S/C12H14N2O/c1-8-6-9(2)12(10(3)7-8)14-11(15)4-5-13-14/h5-7H,4H2,1-3H3. The van der Waals surface area contributed by atoms with Crippen LogP contribution in [0.25, 0.3) is 0 Å². The number of benzene rings is 1. The lowest BCUT2D eigenvalue weighted by Crippen LogP contribution is -2.21. The fourth-order valence-corrected chi connectivity index (χ4v) is 2.04. The number of carbonyl (C=O) groups excluding carboxylic acids is 1. The lowest BCUT2D eigenvalue weighted by molar-refractivity contribution is -0.116. The summed E-state index contributed by atoms with van der Waals surface area (Å²) in [6.07, 6.45) is 2.06. The van der Waals surface area contributed by atoms with E-state index in [-0.39, 0.29) is 5.91 Å². The zero-order valence-electron chi connectivity index (χ0n) is 9.24. The highest BCUT2D eigenvalue weighted by molar-refractivity contribution is 6.06. The van der Waals surface area contributed by atoms with Crippen molar-refractivity contribution in [1.29, 1.82) is 0 Å². The van der Waals surface area contributed by atoms with Crippen molar-refractivity contribution in [1.82, 2.24) is 0 Å². The molecule has 1 aliphatic rings. The molecular weight excluding hydrogens is 188 g/mol. The molecule has 0 N–H and O–H groups in total. The van der Waals surface area contributed by atoms with Gasteiger partial charge in [0.15, 0.2) is 0 Å². The number of anilines is 1. The van der Waals surface area contributed by atoms with Crippen molar-refractivity contribution in [3.63, 3.8) is 0 Å². The predicted molar refractivity (Wildman–Crippen MR) is 61.2 cm³/mol. The fourth-order valence-electron chi connectivity index (χ4n) is 2.04. The van der Waals surface area contributed by atoms with E-state index in [1.165, 1.54) is 10.6 Å². The topological polar surface area (TPSA) is 32.7 Å². The molecule has 1 aromatic rings. The lowest BCUT2D eigenvalue weighted by Gasteiger charge is -2.18. The smallest absolute Gasteiger partial charge is 0.252 e. The lowest BCUT2D eigenvalue weighted by atomic mass is 10.0. The maximum absolute atomic E-state index is 11.6. The summed E-state index contributed by atoms with van der Waals surface area (Å²) in [5.41, 5.74) is 4.34. The molecule has 0 bridgehead atoms. The Morgan fingerprint density at radius 1 is 1.20 bits per heavy atom. The average Bonchev–Trinajstić information content (AvgIpc) is 2.50. The van der Waals surface area contributed by atoms with E-state index >= 15 is 0 Å². The van der Waals surface area contributed by atoms with Gasteiger partial charge in [0.05, 0.1) is 12.1 Å². The first-order valence-corrected chi connectivity index (χ1v) is 5.03. The SMILES string of the molecule is Cc1cc(C)c(N2N=CCC2=O)c(C)c1. The van der Waals surface area contributed by atoms with Crippen molar-refractivity contribution in [3.05, 3.63) is 28.8 Å². The third-order valence-electron chi connectivity index (χ3n) is 2.55. The Morgan fingerprint density at radius 3 is 2.27 bits per heavy atom. The Labute approximate surface area is 89.4 Å². The molecule has 0 fully saturated rings. The monoisotopic (exact) mass is 202 g/mol. The first kappa shape index (κ1) is 9.90. The van der Waals surface area contributed by atoms with Gasteiger partial charge in [0.2, 0.25) is 0 Å². The Balaban J connectivity index is 2.52. The van der Waals surface area contributed by atoms with Crippen LogP contribution in [0.1, 0.15) is 23.1 Å². The molecule has 1 aliphatic heterocycles. The van der Waals surface area contributed by atoms with E-state index in [1.54, 1.807) is 6.21 Å². The van der Waals surface area contributed by atoms with Crippen LogP contribution < -0.4 is 5.01 Å². The van der Waals surface area contributed by atoms with Crippen LogP contribution in [0, 0.1) is 20.8 Å². The van der Waals surface area contributed by atoms with Gasteiger partial charge in [-0.15, -0.1) is 0 Å². The van der Waals surface area contributed by atoms with Gasteiger partial charge in [0.25, 0.3) is 5.91 Å². The van der Waals surface area contributed by atoms with Crippen LogP contribution in [0.2, 0.25) is 0 Å². The quantitative estimate of drug-likeness (QED) is 0.688. The molecule has 1 aromatic carbocycles. The Bertz CT molecular complexity index is 426. The minimum absolute atomic E-state index is 0.0463. The molecule has 3 nitrogen and oxygen atoms in total. The molecule has 0 aliphatic carbocycles. The number of nitrogens with zero attached hydrogens (tertiary/aromatic N) is 2. The molecular formula is C12H14N2O. The predicted octanol–water partition coefficient (Wildman–Crippen LogP) is 2.33. The largest absolute Gasteiger partial charge is 0.272 e. The van der Waals surface area contributed by atoms with Gasteiger partial charge in [-0.05, 0) is 31.9 Å². The molecule has 0 saturated heterocycles. The van der Waals surface area contributed by atoms with Crippen LogP contribution in [0.4, 0.5) is 5.69 Å². The number of amides is 1. The summed E-state index contributed by atoms with van der Waals surface area (Å²) in [5, 5.41) is 5.60. The molecule has 0 aromatic heterocycles. The van der Waals surface area contributed by atoms with Gasteiger partial charge in [0, 0.05) is 6.21 Å². The van der Waals surface area contributed by atoms with Crippen LogP contribution >= 0.6 is 0 Å². The third kappa shape index (κ3) is 1.65. The van der Waals surface area contributed by atoms with Crippen molar-refractivity contribution in [2.24, 2.45) is 5.10 Å². The van der Waals surface area contributed by atoms with E-state index in [2.05, 4.69) is 24.2 Å². The summed E-state index contributed by atoms with van der Waals surface area (Å²) in [5.74, 6) is 0.0463. The Hall–Kier alpha value is -1.64. The molecule has 3 heteroatoms. The second-order valence-electron chi connectivity index (χ2n) is 3.96. The van der Waals surface area contributed by atoms with Gasteiger partial charge in [-0.25, -0.2) is 5.01 Å². The molecule has 0 atom stereocenters. The van der Waals surface area contributed by atoms with Gasteiger partial charge < -0.3 is 0 Å². The van der Waals surface area contributed by atoms with E-state index in [4.69, 9.17) is 0 Å². The molecule has 15 heavy (non-hydrogen) atoms. The number of rotatable bonds is 1. The molecule has 0 spiro atoms. The number of hydrogen-bond donors (Lipinski definition) is 0. The summed E-state index contributed by atoms with van der Waals surface area (Å²) < 4.78 is 0. The van der Waals surface area contributed by atoms with Crippen LogP contribution in [0.5, 0.6) is 0 Å². The first-order chi connectivity index (χ1) is 7.09. The number of aryl methyl sites for hydroxylation is 3. The van der Waals surface area contributed by atoms with Crippen LogP contribution in [-0.2, 0) is 4.79 Å². The van der Waals surface area contributed by atoms with Crippen molar-refractivity contribution in [3.8, 4) is 0 Å². The van der Waals surface area contributed by atoms with Gasteiger partial charge in [-0.2, -0.15) is 5.10 Å². The van der Waals surface area contributed by atoms with Gasteiger partial charge in [0.1, 0.15) is 0 Å². The van der Waals surface area contributed by atoms with E-state index in [9.17, 15) is 4.79 Å². The van der Waals surface area contributed by atoms with Crippen molar-refractivity contribution in [2.45, 2.75) is 27.2 Å². The van der Waals surface area contributed by atoms with Crippen molar-refractivity contribution >= 4 is 17.8 Å². The zero-order chi connectivity index (χ0) is 11.0. The van der Waals surface area contributed by atoms with Crippen molar-refractivity contribution < 1.29 is 4.79 Å². The fraction of sp³-hybridized carbons (Fsp3) is 0.333. The zero-order valence-corrected chi connectivity index (χ0v) is 9.24. The maximum Gasteiger partial charge on any atom is 0.252 e. The van der Waals surface area contributed by atoms with E-state index in [0.29, 0.717) is 6.42 Å². The van der Waals surface area contributed by atoms with Gasteiger partial charge in [-0.3, -0.25) is 4.79 Å². The maximum atomic E-state index is 11.6. The van der Waals surface area contributed by atoms with E-state index < -0.39 is 0 Å². The highest BCUT2D eigenvalue weighted by Crippen LogP contribution is 2.28. The first-order valence-electron chi connectivity index (χ1n) is 5.03. The summed E-state index contributed by atoms with van der Waals surface area (Å²) in [4.78, 5) is 11.6. The Kier molecular flexibility index (Phi) is 2.31. The van der Waals surface area contributed by atoms with Crippen LogP contribution in [0.3, 0.4) is 0 Å². The number of hydrogen-bond acceptors (Lipinski definition) is 2. The molecule has 2 rings (SSSR count). The number of carbonyl (C=O) groups is 1. The Morgan fingerprint density at radius 2 is 1.80 bits per heavy atom. The highest BCUT2D eigenvalue weighted by atomic mass is 16.2. The summed E-state index contributed by atoms with van der Waals surface area (Å²) >= 11 is 0. The van der Waals surface area contributed by atoms with Crippen molar-refractivity contribution in [2.75, 3.05) is 5.01 Å². The van der Waals surface area contributed by atoms with E-state index in [0.717, 1.165) is 16.8 Å². The summed E-state index contributed by atoms with van der Waals surface area (Å²) in [6.45, 7) is 6.08. The molecule has 0 radical (unpaired) electrons. The second-order valence-corrected chi connectivity index (χ2v) is 3.96. The normalized spacial score (nSPS) is 15.1. The highest BCUT2D eigenvalue weighted by Gasteiger charge is 2.21. The third-order valence-corrected chi connectivity index (χ3v) is 2.55. The molecule has 78 valence electrons. The van der Waals surface area contributed by atoms with Gasteiger partial charge >= 0.3 is 0 Å². The molecule has 0 unspecified atom stereocenters. The van der Waals surface area contributed by atoms with E-state index in [1.807, 2.05) is 13.8 Å². The molecule has 1 amide bonds. The number of hydrazone groups is 1. The molecule has 0 saturated carbocycles. The minimum atomic E-state index is 0.0463. The summed E-state index contributed by atoms with van der Waals surface area (Å²) in [7, 11) is 0. The molecule has 1 heterocycles. The minimum Gasteiger partial charge on any atom is -0.272 e. The average molecular weight is 202 g/mol.